The largest absolute Gasteiger partial charge is 0.507 e. The van der Waals surface area contributed by atoms with E-state index in [9.17, 15) is 20.0 Å². The SMILES string of the molecule is O=C(COc1ccc([N+](=O)[O-])cc1)N/N=C\c1cc(Br)ccc1O. The zero-order chi connectivity index (χ0) is 17.5. The number of carbonyl (C=O) groups excluding carboxylic acids is 1. The van der Waals surface area contributed by atoms with Gasteiger partial charge in [0.05, 0.1) is 11.1 Å². The molecule has 0 saturated carbocycles. The number of nitro groups is 1. The molecule has 0 bridgehead atoms. The predicted octanol–water partition coefficient (Wildman–Crippen LogP) is 2.59. The number of non-ortho nitro benzene ring substituents is 1. The van der Waals surface area contributed by atoms with Gasteiger partial charge in [-0.05, 0) is 30.3 Å². The van der Waals surface area contributed by atoms with Crippen molar-refractivity contribution in [1.82, 2.24) is 5.43 Å². The van der Waals surface area contributed by atoms with E-state index in [1.807, 2.05) is 0 Å². The summed E-state index contributed by atoms with van der Waals surface area (Å²) >= 11 is 3.26. The molecular formula is C15H12BrN3O5. The summed E-state index contributed by atoms with van der Waals surface area (Å²) in [7, 11) is 0. The highest BCUT2D eigenvalue weighted by molar-refractivity contribution is 9.10. The van der Waals surface area contributed by atoms with Crippen molar-refractivity contribution >= 4 is 33.7 Å². The van der Waals surface area contributed by atoms with Crippen molar-refractivity contribution in [2.45, 2.75) is 0 Å². The Bertz CT molecular complexity index is 777. The summed E-state index contributed by atoms with van der Waals surface area (Å²) < 4.78 is 5.94. The van der Waals surface area contributed by atoms with Crippen LogP contribution in [0.4, 0.5) is 5.69 Å². The van der Waals surface area contributed by atoms with Crippen LogP contribution in [0.25, 0.3) is 0 Å². The number of carbonyl (C=O) groups is 1. The molecule has 2 rings (SSSR count). The average Bonchev–Trinajstić information content (AvgIpc) is 2.56. The lowest BCUT2D eigenvalue weighted by Gasteiger charge is -2.04. The normalized spacial score (nSPS) is 10.5. The quantitative estimate of drug-likeness (QED) is 0.444. The first kappa shape index (κ1) is 17.4. The molecule has 2 N–H and O–H groups in total. The van der Waals surface area contributed by atoms with Gasteiger partial charge in [-0.25, -0.2) is 5.43 Å². The van der Waals surface area contributed by atoms with Gasteiger partial charge in [-0.3, -0.25) is 14.9 Å². The Morgan fingerprint density at radius 3 is 2.71 bits per heavy atom. The van der Waals surface area contributed by atoms with Crippen LogP contribution in [0.5, 0.6) is 11.5 Å². The first-order valence-corrected chi connectivity index (χ1v) is 7.42. The van der Waals surface area contributed by atoms with Crippen LogP contribution >= 0.6 is 15.9 Å². The Kier molecular flexibility index (Phi) is 5.85. The predicted molar refractivity (Wildman–Crippen MR) is 90.1 cm³/mol. The maximum absolute atomic E-state index is 11.6. The number of amides is 1. The highest BCUT2D eigenvalue weighted by Crippen LogP contribution is 2.20. The molecule has 0 saturated heterocycles. The summed E-state index contributed by atoms with van der Waals surface area (Å²) in [4.78, 5) is 21.6. The second kappa shape index (κ2) is 8.06. The van der Waals surface area contributed by atoms with E-state index in [0.29, 0.717) is 11.3 Å². The van der Waals surface area contributed by atoms with Crippen molar-refractivity contribution in [2.75, 3.05) is 6.61 Å². The van der Waals surface area contributed by atoms with Crippen LogP contribution in [0.15, 0.2) is 52.0 Å². The van der Waals surface area contributed by atoms with E-state index in [2.05, 4.69) is 26.5 Å². The molecule has 2 aromatic rings. The lowest BCUT2D eigenvalue weighted by atomic mass is 10.2. The average molecular weight is 394 g/mol. The van der Waals surface area contributed by atoms with Crippen LogP contribution in [0.3, 0.4) is 0 Å². The summed E-state index contributed by atoms with van der Waals surface area (Å²) in [6, 6.07) is 10.2. The number of phenolic OH excluding ortho intramolecular Hbond substituents is 1. The van der Waals surface area contributed by atoms with Crippen molar-refractivity contribution in [2.24, 2.45) is 5.10 Å². The van der Waals surface area contributed by atoms with E-state index >= 15 is 0 Å². The number of halogens is 1. The van der Waals surface area contributed by atoms with Gasteiger partial charge < -0.3 is 9.84 Å². The molecule has 0 fully saturated rings. The van der Waals surface area contributed by atoms with Crippen molar-refractivity contribution in [1.29, 1.82) is 0 Å². The molecule has 124 valence electrons. The van der Waals surface area contributed by atoms with Gasteiger partial charge >= 0.3 is 0 Å². The molecule has 0 atom stereocenters. The Balaban J connectivity index is 1.84. The van der Waals surface area contributed by atoms with Gasteiger partial charge in [0.15, 0.2) is 6.61 Å². The fourth-order valence-electron chi connectivity index (χ4n) is 1.65. The van der Waals surface area contributed by atoms with Crippen molar-refractivity contribution in [3.8, 4) is 11.5 Å². The number of hydrogen-bond donors (Lipinski definition) is 2. The van der Waals surface area contributed by atoms with Crippen molar-refractivity contribution in [3.63, 3.8) is 0 Å². The molecule has 8 nitrogen and oxygen atoms in total. The van der Waals surface area contributed by atoms with E-state index in [0.717, 1.165) is 4.47 Å². The monoisotopic (exact) mass is 393 g/mol. The summed E-state index contributed by atoms with van der Waals surface area (Å²) in [5.41, 5.74) is 2.62. The first-order valence-electron chi connectivity index (χ1n) is 6.63. The molecule has 2 aromatic carbocycles. The number of nitro benzene ring substituents is 1. The van der Waals surface area contributed by atoms with Crippen LogP contribution in [0.2, 0.25) is 0 Å². The van der Waals surface area contributed by atoms with Crippen molar-refractivity contribution < 1.29 is 19.6 Å². The highest BCUT2D eigenvalue weighted by Gasteiger charge is 2.06. The minimum absolute atomic E-state index is 0.0262. The summed E-state index contributed by atoms with van der Waals surface area (Å²) in [5, 5.41) is 23.9. The first-order chi connectivity index (χ1) is 11.5. The third kappa shape index (κ3) is 5.06. The molecule has 0 aliphatic heterocycles. The molecule has 24 heavy (non-hydrogen) atoms. The maximum atomic E-state index is 11.6. The second-order valence-electron chi connectivity index (χ2n) is 4.54. The number of hydrogen-bond acceptors (Lipinski definition) is 6. The minimum Gasteiger partial charge on any atom is -0.507 e. The standard InChI is InChI=1S/C15H12BrN3O5/c16-11-1-6-14(20)10(7-11)8-17-18-15(21)9-24-13-4-2-12(3-5-13)19(22)23/h1-8,20H,9H2,(H,18,21)/b17-8-. The Morgan fingerprint density at radius 2 is 2.04 bits per heavy atom. The highest BCUT2D eigenvalue weighted by atomic mass is 79.9. The summed E-state index contributed by atoms with van der Waals surface area (Å²) in [6.45, 7) is -0.306. The molecular weight excluding hydrogens is 382 g/mol. The zero-order valence-electron chi connectivity index (χ0n) is 12.2. The Morgan fingerprint density at radius 1 is 1.33 bits per heavy atom. The van der Waals surface area contributed by atoms with Gasteiger partial charge in [-0.1, -0.05) is 15.9 Å². The van der Waals surface area contributed by atoms with Gasteiger partial charge in [-0.2, -0.15) is 5.10 Å². The third-order valence-electron chi connectivity index (χ3n) is 2.80. The number of benzene rings is 2. The molecule has 9 heteroatoms. The number of aromatic hydroxyl groups is 1. The van der Waals surface area contributed by atoms with Crippen molar-refractivity contribution in [3.05, 3.63) is 62.6 Å². The Labute approximate surface area is 145 Å². The number of hydrazone groups is 1. The second-order valence-corrected chi connectivity index (χ2v) is 5.45. The fourth-order valence-corrected chi connectivity index (χ4v) is 2.03. The zero-order valence-corrected chi connectivity index (χ0v) is 13.8. The molecule has 0 aromatic heterocycles. The van der Waals surface area contributed by atoms with E-state index < -0.39 is 10.8 Å². The van der Waals surface area contributed by atoms with Gasteiger partial charge in [0.25, 0.3) is 11.6 Å². The van der Waals surface area contributed by atoms with Gasteiger partial charge in [0, 0.05) is 22.2 Å². The fraction of sp³-hybridized carbons (Fsp3) is 0.0667. The van der Waals surface area contributed by atoms with Crippen LogP contribution in [0, 0.1) is 10.1 Å². The molecule has 0 aliphatic carbocycles. The van der Waals surface area contributed by atoms with Crippen LogP contribution in [-0.4, -0.2) is 28.8 Å². The number of nitrogens with zero attached hydrogens (tertiary/aromatic N) is 2. The lowest BCUT2D eigenvalue weighted by molar-refractivity contribution is -0.384. The molecule has 0 aliphatic rings. The molecule has 1 amide bonds. The number of phenols is 1. The molecule has 0 spiro atoms. The maximum Gasteiger partial charge on any atom is 0.277 e. The minimum atomic E-state index is -0.525. The Hall–Kier alpha value is -2.94. The third-order valence-corrected chi connectivity index (χ3v) is 3.29. The van der Waals surface area contributed by atoms with E-state index in [1.165, 1.54) is 36.5 Å². The number of ether oxygens (including phenoxy) is 1. The van der Waals surface area contributed by atoms with Gasteiger partial charge in [0.1, 0.15) is 11.5 Å². The van der Waals surface area contributed by atoms with Crippen LogP contribution in [-0.2, 0) is 4.79 Å². The number of rotatable bonds is 6. The van der Waals surface area contributed by atoms with Gasteiger partial charge in [-0.15, -0.1) is 0 Å². The topological polar surface area (TPSA) is 114 Å². The van der Waals surface area contributed by atoms with E-state index in [1.54, 1.807) is 12.1 Å². The summed E-state index contributed by atoms with van der Waals surface area (Å²) in [6.07, 6.45) is 1.30. The van der Waals surface area contributed by atoms with Crippen LogP contribution in [0.1, 0.15) is 5.56 Å². The summed E-state index contributed by atoms with van der Waals surface area (Å²) in [5.74, 6) is -0.165. The molecule has 0 radical (unpaired) electrons. The van der Waals surface area contributed by atoms with E-state index in [4.69, 9.17) is 4.74 Å². The molecule has 0 heterocycles. The molecule has 0 unspecified atom stereocenters. The van der Waals surface area contributed by atoms with Crippen LogP contribution < -0.4 is 10.2 Å². The lowest BCUT2D eigenvalue weighted by Crippen LogP contribution is -2.24. The van der Waals surface area contributed by atoms with Gasteiger partial charge in [0.2, 0.25) is 0 Å². The smallest absolute Gasteiger partial charge is 0.277 e. The van der Waals surface area contributed by atoms with E-state index in [-0.39, 0.29) is 18.0 Å². The number of nitrogens with one attached hydrogen (secondary N) is 1.